The van der Waals surface area contributed by atoms with Crippen molar-refractivity contribution in [3.8, 4) is 0 Å². The van der Waals surface area contributed by atoms with E-state index < -0.39 is 0 Å². The minimum atomic E-state index is 0.00693. The third kappa shape index (κ3) is 3.55. The Morgan fingerprint density at radius 2 is 1.96 bits per heavy atom. The van der Waals surface area contributed by atoms with Gasteiger partial charge in [0.05, 0.1) is 31.2 Å². The van der Waals surface area contributed by atoms with Crippen molar-refractivity contribution in [2.75, 3.05) is 31.6 Å². The van der Waals surface area contributed by atoms with E-state index in [1.54, 1.807) is 18.5 Å². The standard InChI is InChI=1S/C20H23N5O2/c1-13(2)24-19-17-15(4-6-22-19)12-23-18(17)16-11-14(3-5-21-16)20(26)25-7-9-27-10-8-25/h3-6,11,13H,7-10,12H2,1-2H3,(H,22,24). The summed E-state index contributed by atoms with van der Waals surface area (Å²) in [5.74, 6) is 0.818. The van der Waals surface area contributed by atoms with E-state index >= 15 is 0 Å². The van der Waals surface area contributed by atoms with E-state index in [-0.39, 0.29) is 11.9 Å². The zero-order valence-corrected chi connectivity index (χ0v) is 15.6. The zero-order chi connectivity index (χ0) is 18.8. The molecule has 0 aliphatic carbocycles. The molecule has 1 amide bonds. The summed E-state index contributed by atoms with van der Waals surface area (Å²) in [6.07, 6.45) is 3.48. The fraction of sp³-hybridized carbons (Fsp3) is 0.400. The van der Waals surface area contributed by atoms with Crippen molar-refractivity contribution in [1.29, 1.82) is 0 Å². The van der Waals surface area contributed by atoms with Crippen LogP contribution < -0.4 is 5.32 Å². The molecule has 0 aromatic carbocycles. The zero-order valence-electron chi connectivity index (χ0n) is 15.6. The van der Waals surface area contributed by atoms with Gasteiger partial charge in [0.15, 0.2) is 0 Å². The van der Waals surface area contributed by atoms with Crippen molar-refractivity contribution in [3.05, 3.63) is 53.0 Å². The summed E-state index contributed by atoms with van der Waals surface area (Å²) < 4.78 is 5.34. The number of anilines is 1. The highest BCUT2D eigenvalue weighted by Crippen LogP contribution is 2.28. The molecule has 140 valence electrons. The maximum absolute atomic E-state index is 12.8. The molecule has 27 heavy (non-hydrogen) atoms. The summed E-state index contributed by atoms with van der Waals surface area (Å²) in [6.45, 7) is 7.15. The number of amides is 1. The molecule has 4 heterocycles. The van der Waals surface area contributed by atoms with Gasteiger partial charge in [0.1, 0.15) is 5.82 Å². The monoisotopic (exact) mass is 365 g/mol. The molecule has 2 aliphatic heterocycles. The molecule has 7 nitrogen and oxygen atoms in total. The second kappa shape index (κ2) is 7.44. The Balaban J connectivity index is 1.66. The lowest BCUT2D eigenvalue weighted by Crippen LogP contribution is -2.40. The number of hydrogen-bond donors (Lipinski definition) is 1. The Hall–Kier alpha value is -2.80. The van der Waals surface area contributed by atoms with Crippen molar-refractivity contribution in [2.24, 2.45) is 4.99 Å². The highest BCUT2D eigenvalue weighted by Gasteiger charge is 2.25. The Kier molecular flexibility index (Phi) is 4.85. The van der Waals surface area contributed by atoms with Crippen molar-refractivity contribution in [2.45, 2.75) is 26.4 Å². The van der Waals surface area contributed by atoms with Crippen LogP contribution >= 0.6 is 0 Å². The average molecular weight is 365 g/mol. The third-order valence-electron chi connectivity index (χ3n) is 4.65. The van der Waals surface area contributed by atoms with Crippen LogP contribution in [0.15, 0.2) is 35.6 Å². The minimum Gasteiger partial charge on any atom is -0.378 e. The average Bonchev–Trinajstić information content (AvgIpc) is 3.13. The van der Waals surface area contributed by atoms with E-state index in [4.69, 9.17) is 4.74 Å². The van der Waals surface area contributed by atoms with Gasteiger partial charge in [-0.3, -0.25) is 14.8 Å². The number of carbonyl (C=O) groups excluding carboxylic acids is 1. The predicted molar refractivity (Wildman–Crippen MR) is 103 cm³/mol. The highest BCUT2D eigenvalue weighted by molar-refractivity contribution is 6.17. The van der Waals surface area contributed by atoms with E-state index in [9.17, 15) is 4.79 Å². The maximum atomic E-state index is 12.8. The second-order valence-electron chi connectivity index (χ2n) is 6.99. The van der Waals surface area contributed by atoms with Crippen LogP contribution in [0, 0.1) is 0 Å². The summed E-state index contributed by atoms with van der Waals surface area (Å²) in [5.41, 5.74) is 4.22. The number of hydrogen-bond acceptors (Lipinski definition) is 6. The van der Waals surface area contributed by atoms with Gasteiger partial charge in [-0.25, -0.2) is 4.98 Å². The van der Waals surface area contributed by atoms with Gasteiger partial charge in [-0.05, 0) is 37.6 Å². The Morgan fingerprint density at radius 3 is 2.74 bits per heavy atom. The molecule has 1 N–H and O–H groups in total. The molecule has 0 atom stereocenters. The number of morpholine rings is 1. The predicted octanol–water partition coefficient (Wildman–Crippen LogP) is 2.12. The van der Waals surface area contributed by atoms with Gasteiger partial charge >= 0.3 is 0 Å². The smallest absolute Gasteiger partial charge is 0.254 e. The molecule has 0 unspecified atom stereocenters. The Bertz CT molecular complexity index is 888. The fourth-order valence-corrected chi connectivity index (χ4v) is 3.38. The molecule has 2 aromatic heterocycles. The van der Waals surface area contributed by atoms with E-state index in [0.29, 0.717) is 44.1 Å². The summed E-state index contributed by atoms with van der Waals surface area (Å²) in [5, 5.41) is 3.39. The van der Waals surface area contributed by atoms with Gasteiger partial charge in [-0.2, -0.15) is 0 Å². The molecule has 0 spiro atoms. The lowest BCUT2D eigenvalue weighted by molar-refractivity contribution is 0.0303. The lowest BCUT2D eigenvalue weighted by Gasteiger charge is -2.26. The molecule has 1 fully saturated rings. The summed E-state index contributed by atoms with van der Waals surface area (Å²) >= 11 is 0. The number of carbonyl (C=O) groups is 1. The Labute approximate surface area is 158 Å². The first kappa shape index (κ1) is 17.6. The molecule has 2 aliphatic rings. The van der Waals surface area contributed by atoms with Gasteiger partial charge < -0.3 is 15.0 Å². The number of nitrogens with one attached hydrogen (secondary N) is 1. The van der Waals surface area contributed by atoms with Crippen LogP contribution in [0.5, 0.6) is 0 Å². The molecule has 0 radical (unpaired) electrons. The van der Waals surface area contributed by atoms with Crippen LogP contribution in [0.25, 0.3) is 0 Å². The van der Waals surface area contributed by atoms with Crippen LogP contribution in [0.1, 0.15) is 41.0 Å². The highest BCUT2D eigenvalue weighted by atomic mass is 16.5. The number of ether oxygens (including phenoxy) is 1. The van der Waals surface area contributed by atoms with Gasteiger partial charge in [0.25, 0.3) is 5.91 Å². The number of pyridine rings is 2. The van der Waals surface area contributed by atoms with Crippen LogP contribution in [0.4, 0.5) is 5.82 Å². The summed E-state index contributed by atoms with van der Waals surface area (Å²) in [7, 11) is 0. The van der Waals surface area contributed by atoms with Crippen LogP contribution in [-0.4, -0.2) is 58.8 Å². The van der Waals surface area contributed by atoms with Gasteiger partial charge in [-0.1, -0.05) is 0 Å². The first-order valence-electron chi connectivity index (χ1n) is 9.26. The molecule has 1 saturated heterocycles. The number of aromatic nitrogens is 2. The largest absolute Gasteiger partial charge is 0.378 e. The van der Waals surface area contributed by atoms with Gasteiger partial charge in [0.2, 0.25) is 0 Å². The van der Waals surface area contributed by atoms with Crippen molar-refractivity contribution >= 4 is 17.4 Å². The molecule has 0 bridgehead atoms. The number of fused-ring (bicyclic) bond motifs is 1. The second-order valence-corrected chi connectivity index (χ2v) is 6.99. The molecule has 0 saturated carbocycles. The minimum absolute atomic E-state index is 0.00693. The SMILES string of the molecule is CC(C)Nc1nccc2c1C(c1cc(C(=O)N3CCOCC3)ccn1)=NC2. The number of nitrogens with zero attached hydrogens (tertiary/aromatic N) is 4. The summed E-state index contributed by atoms with van der Waals surface area (Å²) in [4.78, 5) is 28.3. The first-order chi connectivity index (χ1) is 13.1. The van der Waals surface area contributed by atoms with Crippen molar-refractivity contribution in [3.63, 3.8) is 0 Å². The summed E-state index contributed by atoms with van der Waals surface area (Å²) in [6, 6.07) is 5.83. The first-order valence-corrected chi connectivity index (χ1v) is 9.26. The van der Waals surface area contributed by atoms with Crippen molar-refractivity contribution in [1.82, 2.24) is 14.9 Å². The maximum Gasteiger partial charge on any atom is 0.254 e. The quantitative estimate of drug-likeness (QED) is 0.898. The van der Waals surface area contributed by atoms with E-state index in [1.807, 2.05) is 17.0 Å². The van der Waals surface area contributed by atoms with Gasteiger partial charge in [0, 0.05) is 42.7 Å². The fourth-order valence-electron chi connectivity index (χ4n) is 3.38. The number of rotatable bonds is 4. The van der Waals surface area contributed by atoms with E-state index in [0.717, 1.165) is 22.7 Å². The third-order valence-corrected chi connectivity index (χ3v) is 4.65. The van der Waals surface area contributed by atoms with E-state index in [1.165, 1.54) is 0 Å². The molecule has 4 rings (SSSR count). The molecular formula is C20H23N5O2. The van der Waals surface area contributed by atoms with Gasteiger partial charge in [-0.15, -0.1) is 0 Å². The molecule has 7 heteroatoms. The number of aliphatic imine (C=N–C) groups is 1. The normalized spacial score (nSPS) is 16.3. The van der Waals surface area contributed by atoms with Crippen molar-refractivity contribution < 1.29 is 9.53 Å². The van der Waals surface area contributed by atoms with E-state index in [2.05, 4.69) is 34.1 Å². The van der Waals surface area contributed by atoms with Crippen LogP contribution in [0.3, 0.4) is 0 Å². The Morgan fingerprint density at radius 1 is 1.19 bits per heavy atom. The molecular weight excluding hydrogens is 342 g/mol. The van der Waals surface area contributed by atoms with Crippen LogP contribution in [-0.2, 0) is 11.3 Å². The molecule has 2 aromatic rings. The lowest BCUT2D eigenvalue weighted by atomic mass is 10.0. The topological polar surface area (TPSA) is 79.7 Å². The van der Waals surface area contributed by atoms with Crippen LogP contribution in [0.2, 0.25) is 0 Å².